The van der Waals surface area contributed by atoms with Gasteiger partial charge in [-0.2, -0.15) is 0 Å². The van der Waals surface area contributed by atoms with Crippen LogP contribution in [0.5, 0.6) is 0 Å². The summed E-state index contributed by atoms with van der Waals surface area (Å²) < 4.78 is 1.45. The van der Waals surface area contributed by atoms with E-state index < -0.39 is 5.60 Å². The number of piperidine rings is 1. The molecule has 218 valence electrons. The first kappa shape index (κ1) is 28.9. The van der Waals surface area contributed by atoms with E-state index in [1.54, 1.807) is 23.1 Å². The fourth-order valence-electron chi connectivity index (χ4n) is 5.60. The Morgan fingerprint density at radius 2 is 1.71 bits per heavy atom. The van der Waals surface area contributed by atoms with Gasteiger partial charge in [-0.15, -0.1) is 0 Å². The molecule has 10 heteroatoms. The lowest BCUT2D eigenvalue weighted by atomic mass is 9.91. The van der Waals surface area contributed by atoms with E-state index >= 15 is 0 Å². The lowest BCUT2D eigenvalue weighted by molar-refractivity contribution is -0.135. The average molecular weight is 561 g/mol. The quantitative estimate of drug-likeness (QED) is 0.412. The third-order valence-electron chi connectivity index (χ3n) is 8.34. The molecule has 2 saturated heterocycles. The summed E-state index contributed by atoms with van der Waals surface area (Å²) in [4.78, 5) is 49.3. The number of benzene rings is 2. The van der Waals surface area contributed by atoms with E-state index in [1.807, 2.05) is 30.3 Å². The monoisotopic (exact) mass is 560 g/mol. The summed E-state index contributed by atoms with van der Waals surface area (Å²) in [6.45, 7) is 5.71. The Morgan fingerprint density at radius 1 is 0.976 bits per heavy atom. The Bertz CT molecular complexity index is 1410. The van der Waals surface area contributed by atoms with E-state index in [9.17, 15) is 19.5 Å². The SMILES string of the molecule is CN1CCN(CCC(=O)Nc2ccc3c(=O)n(CC4(O)CCN(C(=O)CCc5ccccc5)CC4)cnc3c2)CC1. The minimum Gasteiger partial charge on any atom is -0.388 e. The number of rotatable bonds is 9. The summed E-state index contributed by atoms with van der Waals surface area (Å²) in [5.74, 6) is 0.0198. The molecule has 2 amide bonds. The molecule has 5 rings (SSSR count). The van der Waals surface area contributed by atoms with Crippen molar-refractivity contribution in [3.05, 3.63) is 70.8 Å². The molecule has 41 heavy (non-hydrogen) atoms. The van der Waals surface area contributed by atoms with E-state index in [2.05, 4.69) is 27.1 Å². The number of amides is 2. The minimum atomic E-state index is -1.09. The van der Waals surface area contributed by atoms with Crippen LogP contribution in [-0.2, 0) is 22.6 Å². The zero-order valence-electron chi connectivity index (χ0n) is 23.8. The van der Waals surface area contributed by atoms with Crippen LogP contribution in [0.3, 0.4) is 0 Å². The molecule has 0 spiro atoms. The highest BCUT2D eigenvalue weighted by Crippen LogP contribution is 2.25. The summed E-state index contributed by atoms with van der Waals surface area (Å²) in [7, 11) is 2.11. The summed E-state index contributed by atoms with van der Waals surface area (Å²) in [5, 5.41) is 14.6. The van der Waals surface area contributed by atoms with Gasteiger partial charge in [0.25, 0.3) is 5.56 Å². The highest BCUT2D eigenvalue weighted by molar-refractivity contribution is 5.93. The van der Waals surface area contributed by atoms with Gasteiger partial charge in [-0.25, -0.2) is 4.98 Å². The molecule has 1 aromatic heterocycles. The first-order chi connectivity index (χ1) is 19.8. The van der Waals surface area contributed by atoms with Crippen LogP contribution in [0.4, 0.5) is 5.69 Å². The third-order valence-corrected chi connectivity index (χ3v) is 8.34. The number of aryl methyl sites for hydroxylation is 1. The number of likely N-dealkylation sites (N-methyl/N-ethyl adjacent to an activating group) is 1. The number of nitrogens with zero attached hydrogens (tertiary/aromatic N) is 5. The maximum atomic E-state index is 13.2. The Morgan fingerprint density at radius 3 is 2.44 bits per heavy atom. The molecule has 3 aromatic rings. The van der Waals surface area contributed by atoms with Crippen molar-refractivity contribution in [2.45, 2.75) is 44.2 Å². The maximum Gasteiger partial charge on any atom is 0.261 e. The number of carbonyl (C=O) groups excluding carboxylic acids is 2. The lowest BCUT2D eigenvalue weighted by Crippen LogP contribution is -2.49. The van der Waals surface area contributed by atoms with E-state index in [4.69, 9.17) is 0 Å². The minimum absolute atomic E-state index is 0.0660. The van der Waals surface area contributed by atoms with Gasteiger partial charge in [-0.1, -0.05) is 30.3 Å². The lowest BCUT2D eigenvalue weighted by Gasteiger charge is -2.38. The first-order valence-electron chi connectivity index (χ1n) is 14.5. The average Bonchev–Trinajstić information content (AvgIpc) is 2.98. The number of anilines is 1. The molecule has 2 fully saturated rings. The third kappa shape index (κ3) is 7.58. The number of nitrogens with one attached hydrogen (secondary N) is 1. The smallest absolute Gasteiger partial charge is 0.261 e. The van der Waals surface area contributed by atoms with Gasteiger partial charge < -0.3 is 25.1 Å². The van der Waals surface area contributed by atoms with Gasteiger partial charge in [0.2, 0.25) is 11.8 Å². The van der Waals surface area contributed by atoms with Crippen LogP contribution >= 0.6 is 0 Å². The Hall–Kier alpha value is -3.60. The second-order valence-electron chi connectivity index (χ2n) is 11.4. The number of carbonyl (C=O) groups is 2. The van der Waals surface area contributed by atoms with Crippen molar-refractivity contribution in [3.8, 4) is 0 Å². The zero-order valence-corrected chi connectivity index (χ0v) is 23.8. The van der Waals surface area contributed by atoms with Gasteiger partial charge in [0.1, 0.15) is 0 Å². The van der Waals surface area contributed by atoms with Crippen molar-refractivity contribution >= 4 is 28.4 Å². The van der Waals surface area contributed by atoms with Crippen molar-refractivity contribution in [3.63, 3.8) is 0 Å². The standard InChI is InChI=1S/C31H40N6O4/c1-34-17-19-35(20-18-34)14-11-28(38)33-25-8-9-26-27(21-25)32-23-37(30(26)40)22-31(41)12-15-36(16-13-31)29(39)10-7-24-5-3-2-4-6-24/h2-6,8-9,21,23,41H,7,10-20,22H2,1H3,(H,33,38). The number of fused-ring (bicyclic) bond motifs is 1. The van der Waals surface area contributed by atoms with E-state index in [0.29, 0.717) is 61.8 Å². The largest absolute Gasteiger partial charge is 0.388 e. The number of piperazine rings is 1. The summed E-state index contributed by atoms with van der Waals surface area (Å²) in [6.07, 6.45) is 3.79. The number of likely N-dealkylation sites (tertiary alicyclic amines) is 1. The van der Waals surface area contributed by atoms with Gasteiger partial charge in [-0.05, 0) is 50.1 Å². The molecular weight excluding hydrogens is 520 g/mol. The van der Waals surface area contributed by atoms with Gasteiger partial charge in [0, 0.05) is 64.3 Å². The van der Waals surface area contributed by atoms with Gasteiger partial charge >= 0.3 is 0 Å². The molecule has 2 N–H and O–H groups in total. The fraction of sp³-hybridized carbons (Fsp3) is 0.484. The second kappa shape index (κ2) is 12.9. The van der Waals surface area contributed by atoms with Gasteiger partial charge in [-0.3, -0.25) is 19.0 Å². The normalized spacial score (nSPS) is 18.0. The predicted molar refractivity (Wildman–Crippen MR) is 159 cm³/mol. The van der Waals surface area contributed by atoms with Crippen molar-refractivity contribution in [2.24, 2.45) is 0 Å². The number of aliphatic hydroxyl groups is 1. The number of hydrogen-bond acceptors (Lipinski definition) is 7. The molecule has 10 nitrogen and oxygen atoms in total. The maximum absolute atomic E-state index is 13.2. The van der Waals surface area contributed by atoms with Crippen LogP contribution in [0.25, 0.3) is 10.9 Å². The number of aromatic nitrogens is 2. The van der Waals surface area contributed by atoms with Crippen LogP contribution in [0.1, 0.15) is 31.2 Å². The molecule has 2 aliphatic heterocycles. The fourth-order valence-corrected chi connectivity index (χ4v) is 5.60. The van der Waals surface area contributed by atoms with Crippen molar-refractivity contribution in [1.29, 1.82) is 0 Å². The van der Waals surface area contributed by atoms with Crippen molar-refractivity contribution < 1.29 is 14.7 Å². The molecule has 0 unspecified atom stereocenters. The molecular formula is C31H40N6O4. The van der Waals surface area contributed by atoms with E-state index in [1.165, 1.54) is 10.9 Å². The Labute approximate surface area is 240 Å². The Balaban J connectivity index is 1.13. The zero-order chi connectivity index (χ0) is 28.8. The Kier molecular flexibility index (Phi) is 9.12. The molecule has 2 aromatic carbocycles. The van der Waals surface area contributed by atoms with Crippen LogP contribution in [0.2, 0.25) is 0 Å². The summed E-state index contributed by atoms with van der Waals surface area (Å²) in [5.41, 5.74) is 0.904. The molecule has 3 heterocycles. The second-order valence-corrected chi connectivity index (χ2v) is 11.4. The topological polar surface area (TPSA) is 111 Å². The summed E-state index contributed by atoms with van der Waals surface area (Å²) in [6, 6.07) is 15.0. The van der Waals surface area contributed by atoms with E-state index in [0.717, 1.165) is 38.3 Å². The first-order valence-corrected chi connectivity index (χ1v) is 14.5. The number of hydrogen-bond donors (Lipinski definition) is 2. The van der Waals surface area contributed by atoms with Gasteiger partial charge in [0.05, 0.1) is 29.4 Å². The van der Waals surface area contributed by atoms with E-state index in [-0.39, 0.29) is 23.9 Å². The van der Waals surface area contributed by atoms with Gasteiger partial charge in [0.15, 0.2) is 0 Å². The van der Waals surface area contributed by atoms with Crippen LogP contribution in [0.15, 0.2) is 59.7 Å². The molecule has 0 aliphatic carbocycles. The highest BCUT2D eigenvalue weighted by atomic mass is 16.3. The molecule has 0 atom stereocenters. The predicted octanol–water partition coefficient (Wildman–Crippen LogP) is 1.96. The highest BCUT2D eigenvalue weighted by Gasteiger charge is 2.34. The molecule has 2 aliphatic rings. The molecule has 0 saturated carbocycles. The van der Waals surface area contributed by atoms with Crippen LogP contribution in [-0.4, -0.2) is 99.6 Å². The van der Waals surface area contributed by atoms with Crippen LogP contribution in [0, 0.1) is 0 Å². The molecule has 0 radical (unpaired) electrons. The van der Waals surface area contributed by atoms with Crippen molar-refractivity contribution in [2.75, 3.05) is 58.2 Å². The van der Waals surface area contributed by atoms with Crippen LogP contribution < -0.4 is 10.9 Å². The summed E-state index contributed by atoms with van der Waals surface area (Å²) >= 11 is 0. The van der Waals surface area contributed by atoms with Crippen molar-refractivity contribution in [1.82, 2.24) is 24.3 Å². The molecule has 0 bridgehead atoms.